The van der Waals surface area contributed by atoms with E-state index in [-0.39, 0.29) is 18.4 Å². The summed E-state index contributed by atoms with van der Waals surface area (Å²) in [6.45, 7) is 0.887. The van der Waals surface area contributed by atoms with E-state index in [1.54, 1.807) is 36.3 Å². The molecular formula is C16H19F3N2O3. The number of piperidine rings is 1. The summed E-state index contributed by atoms with van der Waals surface area (Å²) in [5, 5.41) is 1.90. The molecule has 0 spiro atoms. The van der Waals surface area contributed by atoms with Crippen molar-refractivity contribution in [1.29, 1.82) is 0 Å². The number of halogens is 3. The standard InChI is InChI=1S/C16H19F3N2O3/c1-24-13-4-2-12(3-5-13)14(22)21-8-6-11(7-9-21)10-20-15(23)16(17,18)19/h2-5,11H,6-10H2,1H3,(H,20,23). The maximum Gasteiger partial charge on any atom is 0.471 e. The Morgan fingerprint density at radius 3 is 2.29 bits per heavy atom. The molecule has 1 aliphatic heterocycles. The quantitative estimate of drug-likeness (QED) is 0.911. The van der Waals surface area contributed by atoms with Crippen molar-refractivity contribution in [3.05, 3.63) is 29.8 Å². The van der Waals surface area contributed by atoms with E-state index in [2.05, 4.69) is 0 Å². The van der Waals surface area contributed by atoms with Crippen LogP contribution in [-0.4, -0.2) is 49.6 Å². The highest BCUT2D eigenvalue weighted by molar-refractivity contribution is 5.94. The molecule has 1 fully saturated rings. The summed E-state index contributed by atoms with van der Waals surface area (Å²) in [7, 11) is 1.54. The van der Waals surface area contributed by atoms with E-state index in [1.165, 1.54) is 0 Å². The first kappa shape index (κ1) is 18.1. The Labute approximate surface area is 137 Å². The van der Waals surface area contributed by atoms with E-state index in [0.717, 1.165) is 0 Å². The lowest BCUT2D eigenvalue weighted by Gasteiger charge is -2.32. The van der Waals surface area contributed by atoms with Gasteiger partial charge in [0.2, 0.25) is 0 Å². The Hall–Kier alpha value is -2.25. The second-order valence-corrected chi connectivity index (χ2v) is 5.67. The molecule has 0 unspecified atom stereocenters. The Bertz CT molecular complexity index is 579. The van der Waals surface area contributed by atoms with Gasteiger partial charge in [-0.3, -0.25) is 9.59 Å². The molecule has 2 rings (SSSR count). The van der Waals surface area contributed by atoms with Crippen molar-refractivity contribution in [1.82, 2.24) is 10.2 Å². The molecule has 8 heteroatoms. The van der Waals surface area contributed by atoms with E-state index in [1.807, 2.05) is 5.32 Å². The van der Waals surface area contributed by atoms with Gasteiger partial charge >= 0.3 is 12.1 Å². The molecule has 2 amide bonds. The molecule has 1 saturated heterocycles. The minimum absolute atomic E-state index is 0.0249. The smallest absolute Gasteiger partial charge is 0.471 e. The average Bonchev–Trinajstić information content (AvgIpc) is 2.58. The van der Waals surface area contributed by atoms with Crippen LogP contribution in [0.2, 0.25) is 0 Å². The van der Waals surface area contributed by atoms with Crippen molar-refractivity contribution in [3.8, 4) is 5.75 Å². The van der Waals surface area contributed by atoms with Gasteiger partial charge in [-0.15, -0.1) is 0 Å². The zero-order valence-corrected chi connectivity index (χ0v) is 13.2. The number of hydrogen-bond donors (Lipinski definition) is 1. The van der Waals surface area contributed by atoms with Gasteiger partial charge in [0.1, 0.15) is 5.75 Å². The van der Waals surface area contributed by atoms with Crippen LogP contribution in [0.5, 0.6) is 5.75 Å². The second-order valence-electron chi connectivity index (χ2n) is 5.67. The van der Waals surface area contributed by atoms with Crippen LogP contribution < -0.4 is 10.1 Å². The van der Waals surface area contributed by atoms with Crippen molar-refractivity contribution in [3.63, 3.8) is 0 Å². The van der Waals surface area contributed by atoms with Crippen LogP contribution in [0.1, 0.15) is 23.2 Å². The zero-order valence-electron chi connectivity index (χ0n) is 13.2. The predicted octanol–water partition coefficient (Wildman–Crippen LogP) is 2.23. The summed E-state index contributed by atoms with van der Waals surface area (Å²) in [6, 6.07) is 6.76. The number of hydrogen-bond acceptors (Lipinski definition) is 3. The van der Waals surface area contributed by atoms with Gasteiger partial charge in [-0.2, -0.15) is 13.2 Å². The zero-order chi connectivity index (χ0) is 17.7. The molecule has 1 N–H and O–H groups in total. The maximum absolute atomic E-state index is 12.4. The largest absolute Gasteiger partial charge is 0.497 e. The first-order valence-electron chi connectivity index (χ1n) is 7.59. The molecule has 0 radical (unpaired) electrons. The van der Waals surface area contributed by atoms with Crippen molar-refractivity contribution < 1.29 is 27.5 Å². The van der Waals surface area contributed by atoms with E-state index in [4.69, 9.17) is 4.74 Å². The number of carbonyl (C=O) groups excluding carboxylic acids is 2. The summed E-state index contributed by atoms with van der Waals surface area (Å²) in [4.78, 5) is 24.8. The molecule has 1 aromatic rings. The number of benzene rings is 1. The van der Waals surface area contributed by atoms with Gasteiger partial charge in [-0.25, -0.2) is 0 Å². The SMILES string of the molecule is COc1ccc(C(=O)N2CCC(CNC(=O)C(F)(F)F)CC2)cc1. The molecule has 1 heterocycles. The number of rotatable bonds is 4. The number of nitrogens with zero attached hydrogens (tertiary/aromatic N) is 1. The van der Waals surface area contributed by atoms with Gasteiger partial charge in [0.15, 0.2) is 0 Å². The molecule has 132 valence electrons. The van der Waals surface area contributed by atoms with Gasteiger partial charge in [0.05, 0.1) is 7.11 Å². The Kier molecular flexibility index (Phi) is 5.69. The summed E-state index contributed by atoms with van der Waals surface area (Å²) >= 11 is 0. The Balaban J connectivity index is 1.81. The highest BCUT2D eigenvalue weighted by Crippen LogP contribution is 2.21. The third kappa shape index (κ3) is 4.62. The van der Waals surface area contributed by atoms with Gasteiger partial charge < -0.3 is 15.0 Å². The van der Waals surface area contributed by atoms with E-state index in [0.29, 0.717) is 37.2 Å². The lowest BCUT2D eigenvalue weighted by Crippen LogP contribution is -2.44. The normalized spacial score (nSPS) is 15.9. The molecule has 1 aromatic carbocycles. The number of nitrogens with one attached hydrogen (secondary N) is 1. The van der Waals surface area contributed by atoms with Crippen LogP contribution in [0.3, 0.4) is 0 Å². The van der Waals surface area contributed by atoms with Gasteiger partial charge in [0, 0.05) is 25.2 Å². The van der Waals surface area contributed by atoms with Gasteiger partial charge in [-0.1, -0.05) is 0 Å². The molecule has 1 aliphatic rings. The molecule has 0 aromatic heterocycles. The molecule has 0 atom stereocenters. The summed E-state index contributed by atoms with van der Waals surface area (Å²) in [5.74, 6) is -1.43. The van der Waals surface area contributed by atoms with Crippen molar-refractivity contribution >= 4 is 11.8 Å². The fourth-order valence-electron chi connectivity index (χ4n) is 2.59. The lowest BCUT2D eigenvalue weighted by molar-refractivity contribution is -0.173. The Morgan fingerprint density at radius 2 is 1.79 bits per heavy atom. The third-order valence-electron chi connectivity index (χ3n) is 4.05. The average molecular weight is 344 g/mol. The number of likely N-dealkylation sites (tertiary alicyclic amines) is 1. The highest BCUT2D eigenvalue weighted by Gasteiger charge is 2.38. The van der Waals surface area contributed by atoms with Crippen LogP contribution in [0.4, 0.5) is 13.2 Å². The van der Waals surface area contributed by atoms with Crippen molar-refractivity contribution in [2.45, 2.75) is 19.0 Å². The maximum atomic E-state index is 12.4. The Morgan fingerprint density at radius 1 is 1.21 bits per heavy atom. The molecule has 24 heavy (non-hydrogen) atoms. The summed E-state index contributed by atoms with van der Waals surface area (Å²) in [6.07, 6.45) is -3.74. The number of alkyl halides is 3. The van der Waals surface area contributed by atoms with Crippen LogP contribution in [0, 0.1) is 5.92 Å². The highest BCUT2D eigenvalue weighted by atomic mass is 19.4. The van der Waals surface area contributed by atoms with E-state index < -0.39 is 12.1 Å². The fourth-order valence-corrected chi connectivity index (χ4v) is 2.59. The second kappa shape index (κ2) is 7.55. The summed E-state index contributed by atoms with van der Waals surface area (Å²) in [5.41, 5.74) is 0.541. The lowest BCUT2D eigenvalue weighted by atomic mass is 9.96. The minimum Gasteiger partial charge on any atom is -0.497 e. The number of methoxy groups -OCH3 is 1. The number of carbonyl (C=O) groups is 2. The van der Waals surface area contributed by atoms with Crippen LogP contribution in [-0.2, 0) is 4.79 Å². The monoisotopic (exact) mass is 344 g/mol. The summed E-state index contributed by atoms with van der Waals surface area (Å²) < 4.78 is 41.5. The molecule has 0 bridgehead atoms. The van der Waals surface area contributed by atoms with Gasteiger partial charge in [0.25, 0.3) is 5.91 Å². The topological polar surface area (TPSA) is 58.6 Å². The first-order valence-corrected chi connectivity index (χ1v) is 7.59. The van der Waals surface area contributed by atoms with Crippen LogP contribution in [0.15, 0.2) is 24.3 Å². The van der Waals surface area contributed by atoms with Crippen LogP contribution >= 0.6 is 0 Å². The number of ether oxygens (including phenoxy) is 1. The predicted molar refractivity (Wildman–Crippen MR) is 80.7 cm³/mol. The van der Waals surface area contributed by atoms with Gasteiger partial charge in [-0.05, 0) is 43.0 Å². The number of amides is 2. The first-order chi connectivity index (χ1) is 11.3. The van der Waals surface area contributed by atoms with Crippen LogP contribution in [0.25, 0.3) is 0 Å². The van der Waals surface area contributed by atoms with E-state index in [9.17, 15) is 22.8 Å². The minimum atomic E-state index is -4.86. The molecular weight excluding hydrogens is 325 g/mol. The van der Waals surface area contributed by atoms with Crippen molar-refractivity contribution in [2.75, 3.05) is 26.7 Å². The molecule has 0 saturated carbocycles. The fraction of sp³-hybridized carbons (Fsp3) is 0.500. The molecule has 0 aliphatic carbocycles. The molecule has 5 nitrogen and oxygen atoms in total. The third-order valence-corrected chi connectivity index (χ3v) is 4.05. The van der Waals surface area contributed by atoms with Crippen molar-refractivity contribution in [2.24, 2.45) is 5.92 Å². The van der Waals surface area contributed by atoms with E-state index >= 15 is 0 Å².